The summed E-state index contributed by atoms with van der Waals surface area (Å²) in [6.07, 6.45) is 1.43. The van der Waals surface area contributed by atoms with Gasteiger partial charge in [-0.3, -0.25) is 18.7 Å². The predicted molar refractivity (Wildman–Crippen MR) is 226 cm³/mol. The van der Waals surface area contributed by atoms with Crippen molar-refractivity contribution in [3.63, 3.8) is 0 Å². The Morgan fingerprint density at radius 2 is 1.41 bits per heavy atom. The number of thiazole rings is 1. The molecule has 0 fully saturated rings. The number of carbonyl (C=O) groups is 3. The van der Waals surface area contributed by atoms with Crippen LogP contribution in [0.3, 0.4) is 0 Å². The lowest BCUT2D eigenvalue weighted by molar-refractivity contribution is -0.123. The number of amides is 3. The van der Waals surface area contributed by atoms with Gasteiger partial charge < -0.3 is 27.0 Å². The van der Waals surface area contributed by atoms with Crippen LogP contribution in [0.4, 0.5) is 11.4 Å². The summed E-state index contributed by atoms with van der Waals surface area (Å²) in [5, 5.41) is 14.2. The quantitative estimate of drug-likeness (QED) is 0.0693. The number of nitrogen functional groups attached to an aromatic ring is 1. The number of rotatable bonds is 17. The molecule has 5 rings (SSSR count). The highest BCUT2D eigenvalue weighted by Gasteiger charge is 2.25. The average Bonchev–Trinajstić information content (AvgIpc) is 3.69. The van der Waals surface area contributed by atoms with E-state index in [0.717, 1.165) is 33.1 Å². The average molecular weight is 861 g/mol. The fourth-order valence-corrected chi connectivity index (χ4v) is 7.64. The van der Waals surface area contributed by atoms with E-state index < -0.39 is 40.0 Å². The third kappa shape index (κ3) is 12.0. The largest absolute Gasteiger partial charge is 0.399 e. The van der Waals surface area contributed by atoms with Crippen molar-refractivity contribution in [2.24, 2.45) is 0 Å². The molecule has 0 aliphatic carbocycles. The van der Waals surface area contributed by atoms with Crippen LogP contribution in [0, 0.1) is 0 Å². The van der Waals surface area contributed by atoms with Gasteiger partial charge >= 0.3 is 0 Å². The molecule has 6 N–H and O–H groups in total. The number of hydrogen-bond donors (Lipinski definition) is 5. The highest BCUT2D eigenvalue weighted by atomic mass is 79.9. The van der Waals surface area contributed by atoms with Gasteiger partial charge in [-0.15, -0.1) is 11.3 Å². The number of nitrogens with one attached hydrogen (secondary N) is 4. The number of anilines is 2. The first-order valence-electron chi connectivity index (χ1n) is 18.0. The van der Waals surface area contributed by atoms with E-state index in [9.17, 15) is 22.8 Å². The smallest absolute Gasteiger partial charge is 0.251 e. The molecule has 5 aromatic rings. The van der Waals surface area contributed by atoms with Crippen LogP contribution in [0.1, 0.15) is 76.0 Å². The Morgan fingerprint density at radius 3 is 2.00 bits per heavy atom. The lowest BCUT2D eigenvalue weighted by atomic mass is 10.0. The van der Waals surface area contributed by atoms with E-state index >= 15 is 0 Å². The lowest BCUT2D eigenvalue weighted by Gasteiger charge is -2.25. The first-order valence-corrected chi connectivity index (χ1v) is 21.5. The number of nitrogens with two attached hydrogens (primary N) is 1. The van der Waals surface area contributed by atoms with Crippen LogP contribution in [0.5, 0.6) is 0 Å². The zero-order valence-corrected chi connectivity index (χ0v) is 34.7. The maximum Gasteiger partial charge on any atom is 0.251 e. The number of aromatic nitrogens is 1. The summed E-state index contributed by atoms with van der Waals surface area (Å²) in [5.41, 5.74) is 11.7. The van der Waals surface area contributed by atoms with Gasteiger partial charge in [0, 0.05) is 45.7 Å². The summed E-state index contributed by atoms with van der Waals surface area (Å²) in [4.78, 5) is 45.6. The molecular weight excluding hydrogens is 815 g/mol. The van der Waals surface area contributed by atoms with Crippen molar-refractivity contribution in [1.29, 1.82) is 0 Å². The van der Waals surface area contributed by atoms with Gasteiger partial charge in [-0.2, -0.15) is 0 Å². The molecule has 0 saturated carbocycles. The Morgan fingerprint density at radius 1 is 0.821 bits per heavy atom. The molecular formula is C41H46BrN7O5S2. The minimum Gasteiger partial charge on any atom is -0.399 e. The summed E-state index contributed by atoms with van der Waals surface area (Å²) in [6, 6.07) is 26.5. The zero-order valence-electron chi connectivity index (χ0n) is 31.5. The first-order chi connectivity index (χ1) is 26.7. The molecule has 3 amide bonds. The van der Waals surface area contributed by atoms with Crippen molar-refractivity contribution in [3.05, 3.63) is 146 Å². The molecule has 15 heteroatoms. The third-order valence-electron chi connectivity index (χ3n) is 9.15. The lowest BCUT2D eigenvalue weighted by Crippen LogP contribution is -2.50. The topological polar surface area (TPSA) is 176 Å². The molecule has 12 nitrogen and oxygen atoms in total. The Labute approximate surface area is 340 Å². The van der Waals surface area contributed by atoms with Gasteiger partial charge in [0.25, 0.3) is 11.8 Å². The van der Waals surface area contributed by atoms with Crippen LogP contribution >= 0.6 is 27.3 Å². The number of hydrogen-bond acceptors (Lipinski definition) is 9. The molecule has 0 saturated heterocycles. The van der Waals surface area contributed by atoms with Crippen LogP contribution in [0.15, 0.2) is 112 Å². The maximum absolute atomic E-state index is 14.2. The van der Waals surface area contributed by atoms with Crippen LogP contribution in [-0.2, 0) is 27.8 Å². The van der Waals surface area contributed by atoms with Crippen molar-refractivity contribution in [1.82, 2.24) is 26.3 Å². The molecule has 0 unspecified atom stereocenters. The summed E-state index contributed by atoms with van der Waals surface area (Å²) in [6.45, 7) is 5.65. The Hall–Kier alpha value is -5.09. The molecule has 56 heavy (non-hydrogen) atoms. The van der Waals surface area contributed by atoms with Crippen molar-refractivity contribution >= 4 is 66.4 Å². The highest BCUT2D eigenvalue weighted by Crippen LogP contribution is 2.26. The van der Waals surface area contributed by atoms with Crippen molar-refractivity contribution in [2.45, 2.75) is 57.9 Å². The minimum atomic E-state index is -3.88. The van der Waals surface area contributed by atoms with Crippen LogP contribution in [0.25, 0.3) is 0 Å². The third-order valence-corrected chi connectivity index (χ3v) is 11.5. The summed E-state index contributed by atoms with van der Waals surface area (Å²) < 4.78 is 28.6. The maximum atomic E-state index is 14.2. The van der Waals surface area contributed by atoms with E-state index in [0.29, 0.717) is 12.1 Å². The van der Waals surface area contributed by atoms with Crippen LogP contribution < -0.4 is 31.3 Å². The summed E-state index contributed by atoms with van der Waals surface area (Å²) in [5.74, 6) is -1.25. The van der Waals surface area contributed by atoms with Crippen LogP contribution in [0.2, 0.25) is 0 Å². The van der Waals surface area contributed by atoms with E-state index in [1.54, 1.807) is 36.7 Å². The van der Waals surface area contributed by atoms with Crippen molar-refractivity contribution < 1.29 is 22.8 Å². The monoisotopic (exact) mass is 859 g/mol. The Bertz CT molecular complexity index is 2210. The molecule has 0 bridgehead atoms. The van der Waals surface area contributed by atoms with E-state index in [4.69, 9.17) is 5.73 Å². The molecule has 1 heterocycles. The van der Waals surface area contributed by atoms with E-state index in [1.165, 1.54) is 33.8 Å². The van der Waals surface area contributed by atoms with Gasteiger partial charge in [-0.05, 0) is 79.9 Å². The number of carbonyl (C=O) groups excluding carboxylic acids is 3. The summed E-state index contributed by atoms with van der Waals surface area (Å²) >= 11 is 4.86. The van der Waals surface area contributed by atoms with E-state index in [1.807, 2.05) is 73.8 Å². The molecule has 1 aromatic heterocycles. The number of nitrogens with zero attached hydrogens (tertiary/aromatic N) is 2. The first kappa shape index (κ1) is 42.1. The van der Waals surface area contributed by atoms with Crippen molar-refractivity contribution in [2.75, 3.05) is 22.8 Å². The molecule has 0 aliphatic rings. The van der Waals surface area contributed by atoms with Gasteiger partial charge in [0.1, 0.15) is 0 Å². The number of halogens is 1. The highest BCUT2D eigenvalue weighted by molar-refractivity contribution is 9.10. The molecule has 0 spiro atoms. The number of benzene rings is 4. The molecule has 4 aromatic carbocycles. The molecule has 4 atom stereocenters. The SMILES string of the molecule is C[C@H](NC[C@H](Cc1cscn1)NC(=O)c1cc(C(=O)N[C@H](C)c2ccc(Br)cc2)cc(N(Cc2ccccc2)S(C)(=O)=O)c1)C(=O)N[C@H](C)c1ccc(N)cc1. The Balaban J connectivity index is 1.40. The van der Waals surface area contributed by atoms with Gasteiger partial charge in [-0.1, -0.05) is 70.5 Å². The standard InChI is InChI=1S/C41H46BrN7O5S2/c1-26(31-12-16-35(43)17-13-31)46-39(50)28(3)44-22-36(21-37-24-55-25-45-37)48-41(52)33-18-32(40(51)47-27(2)30-10-14-34(42)15-11-30)19-38(20-33)49(56(4,53)54)23-29-8-6-5-7-9-29/h5-20,24-28,36,44H,21-23,43H2,1-4H3,(H,46,50)(H,47,51)(H,48,52)/t26-,27-,28+,36+/m1/s1. The van der Waals surface area contributed by atoms with Gasteiger partial charge in [0.05, 0.1) is 47.8 Å². The minimum absolute atomic E-state index is 0.0195. The predicted octanol–water partition coefficient (Wildman–Crippen LogP) is 6.14. The van der Waals surface area contributed by atoms with Crippen LogP contribution in [-0.4, -0.2) is 56.0 Å². The fourth-order valence-electron chi connectivity index (χ4n) is 5.93. The normalized spacial score (nSPS) is 13.5. The second-order valence-electron chi connectivity index (χ2n) is 13.7. The van der Waals surface area contributed by atoms with E-state index in [-0.39, 0.29) is 41.9 Å². The molecule has 0 radical (unpaired) electrons. The Kier molecular flexibility index (Phi) is 14.4. The van der Waals surface area contributed by atoms with Gasteiger partial charge in [0.2, 0.25) is 15.9 Å². The second kappa shape index (κ2) is 19.2. The number of sulfonamides is 1. The van der Waals surface area contributed by atoms with Gasteiger partial charge in [0.15, 0.2) is 0 Å². The second-order valence-corrected chi connectivity index (χ2v) is 17.2. The summed E-state index contributed by atoms with van der Waals surface area (Å²) in [7, 11) is -3.88. The molecule has 0 aliphatic heterocycles. The fraction of sp³-hybridized carbons (Fsp3) is 0.268. The van der Waals surface area contributed by atoms with E-state index in [2.05, 4.69) is 42.2 Å². The zero-order chi connectivity index (χ0) is 40.4. The van der Waals surface area contributed by atoms with Crippen molar-refractivity contribution in [3.8, 4) is 0 Å². The molecule has 294 valence electrons. The van der Waals surface area contributed by atoms with Gasteiger partial charge in [-0.25, -0.2) is 13.4 Å².